The number of hydrogen-bond donors (Lipinski definition) is 3. The molecule has 3 N–H and O–H groups in total. The minimum Gasteiger partial charge on any atom is -0.370 e. The Balaban J connectivity index is 1.30. The van der Waals surface area contributed by atoms with Crippen LogP contribution in [0.5, 0.6) is 0 Å². The van der Waals surface area contributed by atoms with Crippen LogP contribution in [0.4, 0.5) is 5.82 Å². The summed E-state index contributed by atoms with van der Waals surface area (Å²) in [5.41, 5.74) is 2.79. The molecule has 0 bridgehead atoms. The fourth-order valence-electron chi connectivity index (χ4n) is 3.47. The molecule has 4 rings (SSSR count). The zero-order valence-electron chi connectivity index (χ0n) is 15.3. The van der Waals surface area contributed by atoms with Crippen molar-refractivity contribution in [1.82, 2.24) is 15.3 Å². The number of aromatic nitrogens is 2. The quantitative estimate of drug-likeness (QED) is 0.590. The van der Waals surface area contributed by atoms with Crippen LogP contribution in [0.3, 0.4) is 0 Å². The number of rotatable bonds is 6. The summed E-state index contributed by atoms with van der Waals surface area (Å²) in [5.74, 6) is 0.551. The molecule has 0 spiro atoms. The lowest BCUT2D eigenvalue weighted by Gasteiger charge is -2.11. The van der Waals surface area contributed by atoms with Crippen molar-refractivity contribution in [2.75, 3.05) is 23.4 Å². The van der Waals surface area contributed by atoms with Gasteiger partial charge in [-0.3, -0.25) is 4.79 Å². The van der Waals surface area contributed by atoms with E-state index in [0.29, 0.717) is 17.8 Å². The van der Waals surface area contributed by atoms with Crippen LogP contribution in [0.25, 0.3) is 10.9 Å². The molecule has 1 aliphatic heterocycles. The number of amides is 1. The van der Waals surface area contributed by atoms with E-state index < -0.39 is 9.84 Å². The first kappa shape index (κ1) is 18.5. The van der Waals surface area contributed by atoms with Crippen LogP contribution in [0.15, 0.2) is 48.8 Å². The van der Waals surface area contributed by atoms with Crippen LogP contribution in [0.1, 0.15) is 22.3 Å². The van der Waals surface area contributed by atoms with E-state index in [0.717, 1.165) is 18.5 Å². The Morgan fingerprint density at radius 1 is 1.21 bits per heavy atom. The number of anilines is 1. The predicted molar refractivity (Wildman–Crippen MR) is 109 cm³/mol. The van der Waals surface area contributed by atoms with Crippen molar-refractivity contribution in [3.63, 3.8) is 0 Å². The second-order valence-corrected chi connectivity index (χ2v) is 9.27. The Bertz CT molecular complexity index is 1090. The molecule has 1 atom stereocenters. The third kappa shape index (κ3) is 4.17. The van der Waals surface area contributed by atoms with Crippen LogP contribution >= 0.6 is 0 Å². The molecule has 1 unspecified atom stereocenters. The summed E-state index contributed by atoms with van der Waals surface area (Å²) in [7, 11) is -3.02. The Morgan fingerprint density at radius 3 is 2.82 bits per heavy atom. The van der Waals surface area contributed by atoms with Crippen molar-refractivity contribution in [2.45, 2.75) is 18.9 Å². The highest BCUT2D eigenvalue weighted by Gasteiger charge is 2.29. The molecule has 8 heteroatoms. The normalized spacial score (nSPS) is 18.2. The molecule has 1 amide bonds. The number of carbonyl (C=O) groups excluding carboxylic acids is 1. The number of hydrogen-bond acceptors (Lipinski definition) is 5. The SMILES string of the molecule is O=C(NC1CCS(=O)(=O)C1)c1ccc(NCCc2c[nH]c3ccccc23)nc1. The summed E-state index contributed by atoms with van der Waals surface area (Å²) in [6, 6.07) is 11.3. The average Bonchev–Trinajstić information content (AvgIpc) is 3.25. The zero-order chi connectivity index (χ0) is 19.6. The second kappa shape index (κ2) is 7.63. The van der Waals surface area contributed by atoms with Crippen molar-refractivity contribution in [3.05, 3.63) is 59.9 Å². The maximum absolute atomic E-state index is 12.2. The number of para-hydroxylation sites is 1. The first-order chi connectivity index (χ1) is 13.5. The number of fused-ring (bicyclic) bond motifs is 1. The standard InChI is InChI=1S/C20H22N4O3S/c25-20(24-16-8-10-28(26,27)13-16)15-5-6-19(23-12-15)21-9-7-14-11-22-18-4-2-1-3-17(14)18/h1-6,11-12,16,22H,7-10,13H2,(H,21,23)(H,24,25). The highest BCUT2D eigenvalue weighted by Crippen LogP contribution is 2.18. The molecule has 0 saturated carbocycles. The fraction of sp³-hybridized carbons (Fsp3) is 0.300. The molecule has 1 aromatic carbocycles. The Morgan fingerprint density at radius 2 is 2.07 bits per heavy atom. The summed E-state index contributed by atoms with van der Waals surface area (Å²) in [6.45, 7) is 0.723. The smallest absolute Gasteiger partial charge is 0.253 e. The summed E-state index contributed by atoms with van der Waals surface area (Å²) >= 11 is 0. The molecule has 3 heterocycles. The third-order valence-electron chi connectivity index (χ3n) is 4.97. The van der Waals surface area contributed by atoms with E-state index in [2.05, 4.69) is 32.7 Å². The van der Waals surface area contributed by atoms with Gasteiger partial charge in [0, 0.05) is 35.9 Å². The van der Waals surface area contributed by atoms with Gasteiger partial charge in [-0.15, -0.1) is 0 Å². The Labute approximate surface area is 163 Å². The Kier molecular flexibility index (Phi) is 5.04. The lowest BCUT2D eigenvalue weighted by molar-refractivity contribution is 0.0941. The van der Waals surface area contributed by atoms with Gasteiger partial charge in [-0.1, -0.05) is 18.2 Å². The number of H-pyrrole nitrogens is 1. The van der Waals surface area contributed by atoms with Crippen LogP contribution < -0.4 is 10.6 Å². The molecule has 0 aliphatic carbocycles. The van der Waals surface area contributed by atoms with Crippen molar-refractivity contribution >= 4 is 32.5 Å². The fourth-order valence-corrected chi connectivity index (χ4v) is 5.15. The van der Waals surface area contributed by atoms with Gasteiger partial charge in [0.1, 0.15) is 5.82 Å². The maximum atomic E-state index is 12.2. The monoisotopic (exact) mass is 398 g/mol. The summed E-state index contributed by atoms with van der Waals surface area (Å²) in [5, 5.41) is 7.25. The molecule has 28 heavy (non-hydrogen) atoms. The highest BCUT2D eigenvalue weighted by atomic mass is 32.2. The van der Waals surface area contributed by atoms with Gasteiger partial charge in [0.05, 0.1) is 17.1 Å². The van der Waals surface area contributed by atoms with Gasteiger partial charge in [-0.05, 0) is 36.6 Å². The van der Waals surface area contributed by atoms with E-state index in [1.54, 1.807) is 12.1 Å². The lowest BCUT2D eigenvalue weighted by Crippen LogP contribution is -2.35. The van der Waals surface area contributed by atoms with Crippen molar-refractivity contribution in [1.29, 1.82) is 0 Å². The first-order valence-corrected chi connectivity index (χ1v) is 11.1. The topological polar surface area (TPSA) is 104 Å². The van der Waals surface area contributed by atoms with Gasteiger partial charge in [-0.25, -0.2) is 13.4 Å². The number of sulfone groups is 1. The number of carbonyl (C=O) groups is 1. The molecule has 3 aromatic rings. The van der Waals surface area contributed by atoms with Crippen LogP contribution in [0, 0.1) is 0 Å². The molecule has 1 aliphatic rings. The molecular formula is C20H22N4O3S. The van der Waals surface area contributed by atoms with E-state index in [-0.39, 0.29) is 23.5 Å². The average molecular weight is 398 g/mol. The summed E-state index contributed by atoms with van der Waals surface area (Å²) < 4.78 is 23.0. The third-order valence-corrected chi connectivity index (χ3v) is 6.74. The molecular weight excluding hydrogens is 376 g/mol. The maximum Gasteiger partial charge on any atom is 0.253 e. The number of pyridine rings is 1. The largest absolute Gasteiger partial charge is 0.370 e. The van der Waals surface area contributed by atoms with Crippen LogP contribution in [-0.2, 0) is 16.3 Å². The first-order valence-electron chi connectivity index (χ1n) is 9.26. The molecule has 7 nitrogen and oxygen atoms in total. The molecule has 0 radical (unpaired) electrons. The van der Waals surface area contributed by atoms with Crippen molar-refractivity contribution in [2.24, 2.45) is 0 Å². The van der Waals surface area contributed by atoms with Gasteiger partial charge in [0.15, 0.2) is 9.84 Å². The van der Waals surface area contributed by atoms with Gasteiger partial charge in [-0.2, -0.15) is 0 Å². The minimum atomic E-state index is -3.02. The number of nitrogens with zero attached hydrogens (tertiary/aromatic N) is 1. The zero-order valence-corrected chi connectivity index (χ0v) is 16.1. The van der Waals surface area contributed by atoms with Gasteiger partial charge >= 0.3 is 0 Å². The second-order valence-electron chi connectivity index (χ2n) is 7.04. The van der Waals surface area contributed by atoms with Crippen molar-refractivity contribution in [3.8, 4) is 0 Å². The number of benzene rings is 1. The number of nitrogens with one attached hydrogen (secondary N) is 3. The van der Waals surface area contributed by atoms with E-state index in [1.165, 1.54) is 17.1 Å². The lowest BCUT2D eigenvalue weighted by atomic mass is 10.1. The summed E-state index contributed by atoms with van der Waals surface area (Å²) in [4.78, 5) is 19.8. The van der Waals surface area contributed by atoms with E-state index in [4.69, 9.17) is 0 Å². The molecule has 1 saturated heterocycles. The molecule has 2 aromatic heterocycles. The number of aromatic amines is 1. The minimum absolute atomic E-state index is 0.0135. The van der Waals surface area contributed by atoms with E-state index in [9.17, 15) is 13.2 Å². The molecule has 1 fully saturated rings. The molecule has 146 valence electrons. The summed E-state index contributed by atoms with van der Waals surface area (Å²) in [6.07, 6.45) is 4.85. The van der Waals surface area contributed by atoms with Crippen LogP contribution in [0.2, 0.25) is 0 Å². The van der Waals surface area contributed by atoms with E-state index in [1.807, 2.05) is 18.3 Å². The predicted octanol–water partition coefficient (Wildman–Crippen LogP) is 2.13. The van der Waals surface area contributed by atoms with Crippen LogP contribution in [-0.4, -0.2) is 48.4 Å². The van der Waals surface area contributed by atoms with Crippen molar-refractivity contribution < 1.29 is 13.2 Å². The van der Waals surface area contributed by atoms with E-state index >= 15 is 0 Å². The van der Waals surface area contributed by atoms with Gasteiger partial charge in [0.25, 0.3) is 5.91 Å². The Hall–Kier alpha value is -2.87. The van der Waals surface area contributed by atoms with Gasteiger partial charge in [0.2, 0.25) is 0 Å². The van der Waals surface area contributed by atoms with Gasteiger partial charge < -0.3 is 15.6 Å². The highest BCUT2D eigenvalue weighted by molar-refractivity contribution is 7.91.